The van der Waals surface area contributed by atoms with Gasteiger partial charge in [-0.25, -0.2) is 0 Å². The predicted octanol–water partition coefficient (Wildman–Crippen LogP) is 1.76. The third kappa shape index (κ3) is 4.28. The summed E-state index contributed by atoms with van der Waals surface area (Å²) in [5.74, 6) is 0. The molecule has 0 amide bonds. The second-order valence-electron chi connectivity index (χ2n) is 4.01. The molecule has 0 unspecified atom stereocenters. The fourth-order valence-corrected chi connectivity index (χ4v) is 1.81. The van der Waals surface area contributed by atoms with Crippen molar-refractivity contribution in [3.63, 3.8) is 0 Å². The molecular formula is C11H17Cl2N3. The molecule has 0 radical (unpaired) electrons. The number of hydrogen-bond donors (Lipinski definition) is 3. The molecule has 0 aliphatic carbocycles. The van der Waals surface area contributed by atoms with E-state index in [4.69, 9.17) is 34.7 Å². The zero-order valence-electron chi connectivity index (χ0n) is 9.26. The van der Waals surface area contributed by atoms with E-state index in [-0.39, 0.29) is 0 Å². The van der Waals surface area contributed by atoms with Crippen LogP contribution in [0.1, 0.15) is 12.0 Å². The number of nitrogens with one attached hydrogen (secondary N) is 1. The Hall–Kier alpha value is -0.320. The van der Waals surface area contributed by atoms with Gasteiger partial charge in [0.2, 0.25) is 0 Å². The van der Waals surface area contributed by atoms with Crippen molar-refractivity contribution < 1.29 is 0 Å². The van der Waals surface area contributed by atoms with E-state index in [1.165, 1.54) is 0 Å². The van der Waals surface area contributed by atoms with Crippen LogP contribution in [0.5, 0.6) is 0 Å². The van der Waals surface area contributed by atoms with Gasteiger partial charge in [0.25, 0.3) is 0 Å². The Morgan fingerprint density at radius 2 is 1.94 bits per heavy atom. The molecule has 0 aromatic heterocycles. The van der Waals surface area contributed by atoms with Crippen LogP contribution in [0.2, 0.25) is 10.0 Å². The maximum absolute atomic E-state index is 5.92. The molecule has 3 nitrogen and oxygen atoms in total. The molecule has 90 valence electrons. The first-order valence-electron chi connectivity index (χ1n) is 5.11. The van der Waals surface area contributed by atoms with Crippen molar-refractivity contribution >= 4 is 23.2 Å². The lowest BCUT2D eigenvalue weighted by molar-refractivity contribution is 0.393. The third-order valence-corrected chi connectivity index (χ3v) is 3.11. The molecule has 0 spiro atoms. The van der Waals surface area contributed by atoms with E-state index in [1.54, 1.807) is 6.07 Å². The number of rotatable bonds is 5. The van der Waals surface area contributed by atoms with E-state index in [1.807, 2.05) is 19.2 Å². The van der Waals surface area contributed by atoms with Crippen LogP contribution >= 0.6 is 23.2 Å². The van der Waals surface area contributed by atoms with Gasteiger partial charge in [0, 0.05) is 6.54 Å². The van der Waals surface area contributed by atoms with Crippen LogP contribution in [-0.2, 0) is 6.42 Å². The summed E-state index contributed by atoms with van der Waals surface area (Å²) in [7, 11) is 1.83. The number of halogens is 2. The molecule has 0 bridgehead atoms. The van der Waals surface area contributed by atoms with Crippen molar-refractivity contribution in [2.75, 3.05) is 13.6 Å². The van der Waals surface area contributed by atoms with E-state index in [0.717, 1.165) is 12.0 Å². The van der Waals surface area contributed by atoms with Crippen LogP contribution in [-0.4, -0.2) is 19.3 Å². The molecular weight excluding hydrogens is 245 g/mol. The first-order chi connectivity index (χ1) is 7.44. The first kappa shape index (κ1) is 13.7. The van der Waals surface area contributed by atoms with Crippen molar-refractivity contribution in [1.82, 2.24) is 5.32 Å². The van der Waals surface area contributed by atoms with Crippen molar-refractivity contribution in [2.45, 2.75) is 18.5 Å². The summed E-state index contributed by atoms with van der Waals surface area (Å²) in [6.07, 6.45) is 1.47. The molecule has 0 fully saturated rings. The zero-order chi connectivity index (χ0) is 12.2. The van der Waals surface area contributed by atoms with Gasteiger partial charge in [-0.05, 0) is 37.6 Å². The lowest BCUT2D eigenvalue weighted by Gasteiger charge is -2.24. The van der Waals surface area contributed by atoms with Gasteiger partial charge in [0.15, 0.2) is 0 Å². The fraction of sp³-hybridized carbons (Fsp3) is 0.455. The minimum Gasteiger partial charge on any atom is -0.317 e. The molecule has 1 aromatic carbocycles. The van der Waals surface area contributed by atoms with Crippen molar-refractivity contribution in [1.29, 1.82) is 0 Å². The van der Waals surface area contributed by atoms with Gasteiger partial charge in [-0.3, -0.25) is 0 Å². The molecule has 1 rings (SSSR count). The monoisotopic (exact) mass is 261 g/mol. The summed E-state index contributed by atoms with van der Waals surface area (Å²) in [5.41, 5.74) is 12.2. The molecule has 0 aliphatic rings. The number of nitrogens with two attached hydrogens (primary N) is 2. The first-order valence-corrected chi connectivity index (χ1v) is 5.86. The molecule has 0 aliphatic heterocycles. The Bertz CT molecular complexity index is 353. The Labute approximate surface area is 106 Å². The van der Waals surface area contributed by atoms with Crippen LogP contribution in [0.3, 0.4) is 0 Å². The average Bonchev–Trinajstić information content (AvgIpc) is 2.20. The summed E-state index contributed by atoms with van der Waals surface area (Å²) >= 11 is 11.7. The van der Waals surface area contributed by atoms with Gasteiger partial charge in [-0.1, -0.05) is 29.3 Å². The summed E-state index contributed by atoms with van der Waals surface area (Å²) in [5, 5.41) is 4.09. The van der Waals surface area contributed by atoms with Crippen LogP contribution in [0.25, 0.3) is 0 Å². The number of hydrogen-bond acceptors (Lipinski definition) is 3. The largest absolute Gasteiger partial charge is 0.317 e. The summed E-state index contributed by atoms with van der Waals surface area (Å²) in [6, 6.07) is 5.56. The lowest BCUT2D eigenvalue weighted by Crippen LogP contribution is -2.56. The van der Waals surface area contributed by atoms with E-state index in [0.29, 0.717) is 23.0 Å². The summed E-state index contributed by atoms with van der Waals surface area (Å²) < 4.78 is 0. The zero-order valence-corrected chi connectivity index (χ0v) is 10.8. The summed E-state index contributed by atoms with van der Waals surface area (Å²) in [6.45, 7) is 0.578. The molecule has 5 N–H and O–H groups in total. The highest BCUT2D eigenvalue weighted by atomic mass is 35.5. The van der Waals surface area contributed by atoms with Crippen molar-refractivity contribution in [3.05, 3.63) is 33.8 Å². The van der Waals surface area contributed by atoms with E-state index in [9.17, 15) is 0 Å². The third-order valence-electron chi connectivity index (χ3n) is 2.37. The molecule has 0 heterocycles. The Kier molecular flexibility index (Phi) is 5.02. The normalized spacial score (nSPS) is 11.8. The smallest absolute Gasteiger partial charge is 0.0767 e. The molecule has 0 atom stereocenters. The number of aryl methyl sites for hydroxylation is 1. The van der Waals surface area contributed by atoms with Gasteiger partial charge < -0.3 is 16.8 Å². The molecule has 1 aromatic rings. The van der Waals surface area contributed by atoms with Gasteiger partial charge in [0.1, 0.15) is 0 Å². The van der Waals surface area contributed by atoms with Crippen LogP contribution in [0, 0.1) is 0 Å². The highest BCUT2D eigenvalue weighted by molar-refractivity contribution is 6.42. The van der Waals surface area contributed by atoms with E-state index >= 15 is 0 Å². The van der Waals surface area contributed by atoms with Gasteiger partial charge in [-0.2, -0.15) is 0 Å². The molecule has 0 saturated carbocycles. The number of benzene rings is 1. The lowest BCUT2D eigenvalue weighted by atomic mass is 10.0. The standard InChI is InChI=1S/C11H17Cl2N3/c1-16-7-11(14,15)5-4-8-2-3-9(12)10(13)6-8/h2-3,6,16H,4-5,7,14-15H2,1H3. The van der Waals surface area contributed by atoms with E-state index in [2.05, 4.69) is 5.32 Å². The fourth-order valence-electron chi connectivity index (χ4n) is 1.49. The second kappa shape index (κ2) is 5.84. The maximum atomic E-state index is 5.92. The van der Waals surface area contributed by atoms with Crippen molar-refractivity contribution in [3.8, 4) is 0 Å². The highest BCUT2D eigenvalue weighted by Gasteiger charge is 2.17. The molecule has 0 saturated heterocycles. The van der Waals surface area contributed by atoms with Crippen LogP contribution in [0.15, 0.2) is 18.2 Å². The predicted molar refractivity (Wildman–Crippen MR) is 69.8 cm³/mol. The minimum absolute atomic E-state index is 0.562. The second-order valence-corrected chi connectivity index (χ2v) is 4.83. The van der Waals surface area contributed by atoms with E-state index < -0.39 is 5.66 Å². The quantitative estimate of drug-likeness (QED) is 0.708. The minimum atomic E-state index is -0.694. The topological polar surface area (TPSA) is 64.1 Å². The average molecular weight is 262 g/mol. The Morgan fingerprint density at radius 3 is 2.50 bits per heavy atom. The SMILES string of the molecule is CNCC(N)(N)CCc1ccc(Cl)c(Cl)c1. The van der Waals surface area contributed by atoms with Crippen LogP contribution < -0.4 is 16.8 Å². The van der Waals surface area contributed by atoms with Crippen molar-refractivity contribution in [2.24, 2.45) is 11.5 Å². The maximum Gasteiger partial charge on any atom is 0.0767 e. The Balaban J connectivity index is 2.57. The highest BCUT2D eigenvalue weighted by Crippen LogP contribution is 2.23. The van der Waals surface area contributed by atoms with Gasteiger partial charge in [-0.15, -0.1) is 0 Å². The summed E-state index contributed by atoms with van der Waals surface area (Å²) in [4.78, 5) is 0. The van der Waals surface area contributed by atoms with Gasteiger partial charge in [0.05, 0.1) is 15.7 Å². The van der Waals surface area contributed by atoms with Gasteiger partial charge >= 0.3 is 0 Å². The number of likely N-dealkylation sites (N-methyl/N-ethyl adjacent to an activating group) is 1. The Morgan fingerprint density at radius 1 is 1.25 bits per heavy atom. The molecule has 16 heavy (non-hydrogen) atoms. The molecule has 5 heteroatoms. The van der Waals surface area contributed by atoms with Crippen LogP contribution in [0.4, 0.5) is 0 Å².